The Kier molecular flexibility index (Phi) is 4.04. The van der Waals surface area contributed by atoms with Crippen LogP contribution >= 0.6 is 22.9 Å². The number of ether oxygens (including phenoxy) is 1. The van der Waals surface area contributed by atoms with Gasteiger partial charge >= 0.3 is 0 Å². The minimum atomic E-state index is -0.268. The molecule has 134 valence electrons. The van der Waals surface area contributed by atoms with E-state index in [1.807, 2.05) is 24.4 Å². The van der Waals surface area contributed by atoms with Crippen LogP contribution in [0.4, 0.5) is 0 Å². The highest BCUT2D eigenvalue weighted by Gasteiger charge is 2.44. The van der Waals surface area contributed by atoms with Crippen molar-refractivity contribution in [2.24, 2.45) is 0 Å². The maximum absolute atomic E-state index is 6.33. The van der Waals surface area contributed by atoms with E-state index in [1.165, 1.54) is 10.4 Å². The Morgan fingerprint density at radius 3 is 3.23 bits per heavy atom. The summed E-state index contributed by atoms with van der Waals surface area (Å²) in [6, 6.07) is 7.93. The van der Waals surface area contributed by atoms with Gasteiger partial charge in [0.25, 0.3) is 0 Å². The molecule has 0 bridgehead atoms. The van der Waals surface area contributed by atoms with Crippen LogP contribution in [0.25, 0.3) is 5.82 Å². The second-order valence-electron chi connectivity index (χ2n) is 6.73. The van der Waals surface area contributed by atoms with E-state index in [0.29, 0.717) is 0 Å². The largest absolute Gasteiger partial charge is 0.369 e. The Hall–Kier alpha value is -1.80. The number of fused-ring (bicyclic) bond motifs is 2. The highest BCUT2D eigenvalue weighted by molar-refractivity contribution is 7.16. The Bertz CT molecular complexity index is 927. The molecule has 0 radical (unpaired) electrons. The normalized spacial score (nSPS) is 25.3. The fourth-order valence-corrected chi connectivity index (χ4v) is 5.41. The van der Waals surface area contributed by atoms with Crippen LogP contribution in [0.15, 0.2) is 36.7 Å². The molecule has 1 saturated heterocycles. The molecule has 6 nitrogen and oxygen atoms in total. The molecule has 1 N–H and O–H groups in total. The van der Waals surface area contributed by atoms with Gasteiger partial charge in [-0.1, -0.05) is 22.9 Å². The quantitative estimate of drug-likeness (QED) is 0.731. The van der Waals surface area contributed by atoms with Gasteiger partial charge in [0.1, 0.15) is 11.3 Å². The van der Waals surface area contributed by atoms with Crippen molar-refractivity contribution in [3.63, 3.8) is 0 Å². The summed E-state index contributed by atoms with van der Waals surface area (Å²) in [6.45, 7) is 1.61. The van der Waals surface area contributed by atoms with Gasteiger partial charge in [0.15, 0.2) is 5.82 Å². The lowest BCUT2D eigenvalue weighted by Gasteiger charge is -2.43. The maximum Gasteiger partial charge on any atom is 0.155 e. The molecule has 2 aliphatic rings. The summed E-state index contributed by atoms with van der Waals surface area (Å²) in [5.74, 6) is 0.762. The van der Waals surface area contributed by atoms with E-state index in [-0.39, 0.29) is 11.6 Å². The molecule has 2 aliphatic heterocycles. The molecule has 3 aromatic rings. The third-order valence-corrected chi connectivity index (χ3v) is 6.64. The maximum atomic E-state index is 6.33. The van der Waals surface area contributed by atoms with Crippen LogP contribution in [0.1, 0.15) is 35.0 Å². The van der Waals surface area contributed by atoms with Crippen molar-refractivity contribution in [2.75, 3.05) is 13.2 Å². The molecule has 0 aromatic carbocycles. The summed E-state index contributed by atoms with van der Waals surface area (Å²) in [7, 11) is 0. The Morgan fingerprint density at radius 1 is 1.38 bits per heavy atom. The number of halogens is 1. The number of hydrogen-bond acceptors (Lipinski definition) is 6. The minimum absolute atomic E-state index is 0.0908. The Balaban J connectivity index is 1.45. The SMILES string of the molecule is Clc1cc2c(s1)[C@@]1(CCN[C@H](c3cn(-c4ccccn4)nn3)C1)OCC2. The fourth-order valence-electron chi connectivity index (χ4n) is 3.92. The number of piperidine rings is 1. The summed E-state index contributed by atoms with van der Waals surface area (Å²) >= 11 is 7.95. The van der Waals surface area contributed by atoms with Gasteiger partial charge in [0, 0.05) is 17.5 Å². The van der Waals surface area contributed by atoms with Crippen molar-refractivity contribution >= 4 is 22.9 Å². The summed E-state index contributed by atoms with van der Waals surface area (Å²) in [5, 5.41) is 12.2. The number of pyridine rings is 1. The monoisotopic (exact) mass is 387 g/mol. The van der Waals surface area contributed by atoms with Crippen molar-refractivity contribution in [1.29, 1.82) is 0 Å². The molecule has 1 spiro atoms. The average Bonchev–Trinajstić information content (AvgIpc) is 3.30. The molecule has 0 saturated carbocycles. The zero-order chi connectivity index (χ0) is 17.6. The van der Waals surface area contributed by atoms with Crippen LogP contribution in [0, 0.1) is 0 Å². The highest BCUT2D eigenvalue weighted by Crippen LogP contribution is 2.48. The molecule has 1 fully saturated rings. The van der Waals surface area contributed by atoms with Crippen LogP contribution in [-0.2, 0) is 16.8 Å². The lowest BCUT2D eigenvalue weighted by Crippen LogP contribution is -2.45. The number of rotatable bonds is 2. The summed E-state index contributed by atoms with van der Waals surface area (Å²) in [6.07, 6.45) is 6.42. The standard InChI is InChI=1S/C18H18ClN5OS/c19-15-9-12-4-8-25-18(17(12)26-15)5-7-20-13(10-18)14-11-24(23-22-14)16-3-1-2-6-21-16/h1-3,6,9,11,13,20H,4-5,7-8,10H2/t13-,18-/m0/s1. The predicted molar refractivity (Wildman–Crippen MR) is 99.8 cm³/mol. The number of aromatic nitrogens is 4. The molecule has 5 rings (SSSR count). The van der Waals surface area contributed by atoms with Gasteiger partial charge in [-0.25, -0.2) is 9.67 Å². The summed E-state index contributed by atoms with van der Waals surface area (Å²) in [4.78, 5) is 5.61. The van der Waals surface area contributed by atoms with E-state index in [9.17, 15) is 0 Å². The predicted octanol–water partition coefficient (Wildman–Crippen LogP) is 3.27. The van der Waals surface area contributed by atoms with Crippen LogP contribution in [0.2, 0.25) is 4.34 Å². The number of nitrogens with one attached hydrogen (secondary N) is 1. The van der Waals surface area contributed by atoms with E-state index < -0.39 is 0 Å². The first-order valence-corrected chi connectivity index (χ1v) is 9.93. The Labute approximate surface area is 160 Å². The molecule has 3 aromatic heterocycles. The molecule has 8 heteroatoms. The van der Waals surface area contributed by atoms with Gasteiger partial charge in [-0.2, -0.15) is 0 Å². The lowest BCUT2D eigenvalue weighted by molar-refractivity contribution is -0.0871. The summed E-state index contributed by atoms with van der Waals surface area (Å²) < 4.78 is 8.89. The molecular weight excluding hydrogens is 370 g/mol. The molecule has 5 heterocycles. The lowest BCUT2D eigenvalue weighted by atomic mass is 9.82. The Morgan fingerprint density at radius 2 is 2.35 bits per heavy atom. The van der Waals surface area contributed by atoms with E-state index in [4.69, 9.17) is 16.3 Å². The minimum Gasteiger partial charge on any atom is -0.369 e. The number of hydrogen-bond donors (Lipinski definition) is 1. The first-order chi connectivity index (χ1) is 12.7. The fraction of sp³-hybridized carbons (Fsp3) is 0.389. The average molecular weight is 388 g/mol. The van der Waals surface area contributed by atoms with Crippen molar-refractivity contribution in [2.45, 2.75) is 30.9 Å². The van der Waals surface area contributed by atoms with Crippen LogP contribution < -0.4 is 5.32 Å². The number of thiophene rings is 1. The third kappa shape index (κ3) is 2.75. The molecule has 0 amide bonds. The van der Waals surface area contributed by atoms with Crippen LogP contribution in [0.5, 0.6) is 0 Å². The highest BCUT2D eigenvalue weighted by atomic mass is 35.5. The molecule has 2 atom stereocenters. The van der Waals surface area contributed by atoms with Gasteiger partial charge in [-0.05, 0) is 43.1 Å². The van der Waals surface area contributed by atoms with Crippen LogP contribution in [-0.4, -0.2) is 33.1 Å². The third-order valence-electron chi connectivity index (χ3n) is 5.15. The van der Waals surface area contributed by atoms with Crippen LogP contribution in [0.3, 0.4) is 0 Å². The van der Waals surface area contributed by atoms with Gasteiger partial charge in [-0.3, -0.25) is 0 Å². The van der Waals surface area contributed by atoms with Gasteiger partial charge in [-0.15, -0.1) is 16.4 Å². The van der Waals surface area contributed by atoms with Gasteiger partial charge in [0.2, 0.25) is 0 Å². The van der Waals surface area contributed by atoms with E-state index >= 15 is 0 Å². The molecular formula is C18H18ClN5OS. The molecule has 26 heavy (non-hydrogen) atoms. The topological polar surface area (TPSA) is 64.9 Å². The summed E-state index contributed by atoms with van der Waals surface area (Å²) in [5.41, 5.74) is 1.98. The smallest absolute Gasteiger partial charge is 0.155 e. The van der Waals surface area contributed by atoms with Gasteiger partial charge in [0.05, 0.1) is 23.2 Å². The van der Waals surface area contributed by atoms with Crippen molar-refractivity contribution in [3.05, 3.63) is 57.1 Å². The van der Waals surface area contributed by atoms with E-state index in [2.05, 4.69) is 26.7 Å². The first kappa shape index (κ1) is 16.4. The van der Waals surface area contributed by atoms with E-state index in [1.54, 1.807) is 22.2 Å². The van der Waals surface area contributed by atoms with Crippen molar-refractivity contribution < 1.29 is 4.74 Å². The second-order valence-corrected chi connectivity index (χ2v) is 8.42. The van der Waals surface area contributed by atoms with E-state index in [0.717, 1.165) is 48.3 Å². The first-order valence-electron chi connectivity index (χ1n) is 8.73. The zero-order valence-corrected chi connectivity index (χ0v) is 15.6. The second kappa shape index (κ2) is 6.42. The number of nitrogens with zero attached hydrogens (tertiary/aromatic N) is 4. The van der Waals surface area contributed by atoms with Crippen molar-refractivity contribution in [1.82, 2.24) is 25.3 Å². The molecule has 0 unspecified atom stereocenters. The molecule has 0 aliphatic carbocycles. The van der Waals surface area contributed by atoms with Crippen molar-refractivity contribution in [3.8, 4) is 5.82 Å². The van der Waals surface area contributed by atoms with Gasteiger partial charge < -0.3 is 10.1 Å². The zero-order valence-electron chi connectivity index (χ0n) is 14.1.